The minimum absolute atomic E-state index is 0.345. The first-order valence-electron chi connectivity index (χ1n) is 6.10. The number of aryl methyl sites for hydroxylation is 2. The van der Waals surface area contributed by atoms with Crippen LogP contribution in [0.25, 0.3) is 0 Å². The van der Waals surface area contributed by atoms with E-state index in [1.807, 2.05) is 0 Å². The molecule has 1 aliphatic carbocycles. The number of hydrogen-bond acceptors (Lipinski definition) is 4. The summed E-state index contributed by atoms with van der Waals surface area (Å²) in [5, 5.41) is 9.87. The summed E-state index contributed by atoms with van der Waals surface area (Å²) in [4.78, 5) is 15.7. The first-order chi connectivity index (χ1) is 8.72. The van der Waals surface area contributed by atoms with Crippen molar-refractivity contribution in [3.8, 4) is 0 Å². The number of rotatable bonds is 6. The topological polar surface area (TPSA) is 59.4 Å². The average molecular weight is 267 g/mol. The van der Waals surface area contributed by atoms with E-state index in [0.717, 1.165) is 42.7 Å². The molecular formula is C13H17NO3S. The summed E-state index contributed by atoms with van der Waals surface area (Å²) in [5.74, 6) is -0.0497. The highest BCUT2D eigenvalue weighted by molar-refractivity contribution is 7.99. The van der Waals surface area contributed by atoms with Crippen LogP contribution in [0.2, 0.25) is 0 Å². The maximum Gasteiger partial charge on any atom is 0.338 e. The van der Waals surface area contributed by atoms with Gasteiger partial charge >= 0.3 is 5.97 Å². The number of thioether (sulfide) groups is 1. The normalized spacial score (nSPS) is 13.6. The fourth-order valence-corrected chi connectivity index (χ4v) is 3.02. The lowest BCUT2D eigenvalue weighted by molar-refractivity contribution is 0.0692. The summed E-state index contributed by atoms with van der Waals surface area (Å²) >= 11 is 1.51. The number of aromatic nitrogens is 1. The second-order valence-electron chi connectivity index (χ2n) is 4.30. The molecule has 1 N–H and O–H groups in total. The first-order valence-corrected chi connectivity index (χ1v) is 7.08. The van der Waals surface area contributed by atoms with E-state index in [1.54, 1.807) is 13.2 Å². The van der Waals surface area contributed by atoms with Gasteiger partial charge in [0, 0.05) is 25.2 Å². The standard InChI is InChI=1S/C13H17NO3S/c1-17-6-3-7-18-12-10(13(15)16)8-9-4-2-5-11(9)14-12/h8H,2-7H2,1H3,(H,15,16). The SMILES string of the molecule is COCCCSc1nc2c(cc1C(=O)O)CCC2. The molecule has 0 saturated carbocycles. The molecule has 18 heavy (non-hydrogen) atoms. The van der Waals surface area contributed by atoms with Crippen molar-refractivity contribution >= 4 is 17.7 Å². The molecule has 0 aliphatic heterocycles. The van der Waals surface area contributed by atoms with E-state index in [0.29, 0.717) is 17.2 Å². The van der Waals surface area contributed by atoms with Gasteiger partial charge in [0.05, 0.1) is 5.56 Å². The zero-order valence-electron chi connectivity index (χ0n) is 10.4. The third-order valence-electron chi connectivity index (χ3n) is 2.98. The van der Waals surface area contributed by atoms with Gasteiger partial charge in [0.1, 0.15) is 5.03 Å². The zero-order chi connectivity index (χ0) is 13.0. The summed E-state index contributed by atoms with van der Waals surface area (Å²) in [7, 11) is 1.67. The van der Waals surface area contributed by atoms with Gasteiger partial charge in [0.2, 0.25) is 0 Å². The molecule has 0 aromatic carbocycles. The Morgan fingerprint density at radius 3 is 3.11 bits per heavy atom. The summed E-state index contributed by atoms with van der Waals surface area (Å²) in [6.45, 7) is 0.695. The van der Waals surface area contributed by atoms with Crippen LogP contribution in [0.4, 0.5) is 0 Å². The molecule has 0 spiro atoms. The summed E-state index contributed by atoms with van der Waals surface area (Å²) < 4.78 is 4.98. The average Bonchev–Trinajstić information content (AvgIpc) is 2.80. The van der Waals surface area contributed by atoms with Crippen LogP contribution in [-0.2, 0) is 17.6 Å². The molecule has 1 aromatic heterocycles. The van der Waals surface area contributed by atoms with Crippen LogP contribution in [0.5, 0.6) is 0 Å². The number of aromatic carboxylic acids is 1. The third kappa shape index (κ3) is 3.03. The number of carbonyl (C=O) groups is 1. The summed E-state index contributed by atoms with van der Waals surface area (Å²) in [5.41, 5.74) is 2.53. The van der Waals surface area contributed by atoms with Crippen molar-refractivity contribution in [2.45, 2.75) is 30.7 Å². The minimum Gasteiger partial charge on any atom is -0.478 e. The molecule has 2 rings (SSSR count). The molecule has 98 valence electrons. The molecule has 0 atom stereocenters. The number of ether oxygens (including phenoxy) is 1. The molecule has 0 fully saturated rings. The maximum atomic E-state index is 11.2. The monoisotopic (exact) mass is 267 g/mol. The number of carboxylic acids is 1. The van der Waals surface area contributed by atoms with Gasteiger partial charge in [0.15, 0.2) is 0 Å². The van der Waals surface area contributed by atoms with E-state index in [4.69, 9.17) is 4.74 Å². The lowest BCUT2D eigenvalue weighted by Gasteiger charge is -2.08. The van der Waals surface area contributed by atoms with Gasteiger partial charge in [-0.15, -0.1) is 11.8 Å². The fourth-order valence-electron chi connectivity index (χ4n) is 2.09. The summed E-state index contributed by atoms with van der Waals surface area (Å²) in [6, 6.07) is 1.80. The Balaban J connectivity index is 2.14. The highest BCUT2D eigenvalue weighted by atomic mass is 32.2. The van der Waals surface area contributed by atoms with Crippen LogP contribution in [0.15, 0.2) is 11.1 Å². The molecular weight excluding hydrogens is 250 g/mol. The molecule has 0 unspecified atom stereocenters. The minimum atomic E-state index is -0.883. The molecule has 1 heterocycles. The van der Waals surface area contributed by atoms with Crippen LogP contribution >= 0.6 is 11.8 Å². The van der Waals surface area contributed by atoms with Crippen molar-refractivity contribution in [2.75, 3.05) is 19.5 Å². The molecule has 0 saturated heterocycles. The van der Waals surface area contributed by atoms with Crippen LogP contribution < -0.4 is 0 Å². The number of hydrogen-bond donors (Lipinski definition) is 1. The van der Waals surface area contributed by atoms with Crippen LogP contribution in [-0.4, -0.2) is 35.5 Å². The highest BCUT2D eigenvalue weighted by Crippen LogP contribution is 2.28. The van der Waals surface area contributed by atoms with Crippen molar-refractivity contribution in [1.82, 2.24) is 4.98 Å². The Morgan fingerprint density at radius 1 is 1.56 bits per heavy atom. The van der Waals surface area contributed by atoms with Crippen LogP contribution in [0.3, 0.4) is 0 Å². The smallest absolute Gasteiger partial charge is 0.338 e. The number of methoxy groups -OCH3 is 1. The van der Waals surface area contributed by atoms with Crippen molar-refractivity contribution in [1.29, 1.82) is 0 Å². The Labute approximate surface area is 111 Å². The van der Waals surface area contributed by atoms with Gasteiger partial charge in [-0.05, 0) is 37.3 Å². The van der Waals surface area contributed by atoms with Crippen molar-refractivity contribution in [2.24, 2.45) is 0 Å². The Bertz CT molecular complexity index is 448. The van der Waals surface area contributed by atoms with Gasteiger partial charge in [-0.25, -0.2) is 9.78 Å². The van der Waals surface area contributed by atoms with Crippen LogP contribution in [0, 0.1) is 0 Å². The van der Waals surface area contributed by atoms with Gasteiger partial charge in [-0.3, -0.25) is 0 Å². The summed E-state index contributed by atoms with van der Waals surface area (Å²) in [6.07, 6.45) is 3.91. The molecule has 0 radical (unpaired) electrons. The Hall–Kier alpha value is -1.07. The zero-order valence-corrected chi connectivity index (χ0v) is 11.3. The maximum absolute atomic E-state index is 11.2. The lowest BCUT2D eigenvalue weighted by atomic mass is 10.1. The lowest BCUT2D eigenvalue weighted by Crippen LogP contribution is -2.05. The van der Waals surface area contributed by atoms with Crippen LogP contribution in [0.1, 0.15) is 34.5 Å². The van der Waals surface area contributed by atoms with Crippen molar-refractivity contribution in [3.63, 3.8) is 0 Å². The number of nitrogens with zero attached hydrogens (tertiary/aromatic N) is 1. The van der Waals surface area contributed by atoms with Gasteiger partial charge in [0.25, 0.3) is 0 Å². The molecule has 4 nitrogen and oxygen atoms in total. The number of fused-ring (bicyclic) bond motifs is 1. The van der Waals surface area contributed by atoms with E-state index in [1.165, 1.54) is 11.8 Å². The first kappa shape index (κ1) is 13.4. The predicted octanol–water partition coefficient (Wildman–Crippen LogP) is 2.40. The Kier molecular flexibility index (Phi) is 4.60. The quantitative estimate of drug-likeness (QED) is 0.633. The highest BCUT2D eigenvalue weighted by Gasteiger charge is 2.19. The second kappa shape index (κ2) is 6.20. The Morgan fingerprint density at radius 2 is 2.39 bits per heavy atom. The molecule has 0 amide bonds. The predicted molar refractivity (Wildman–Crippen MR) is 70.4 cm³/mol. The van der Waals surface area contributed by atoms with E-state index in [9.17, 15) is 9.90 Å². The van der Waals surface area contributed by atoms with E-state index >= 15 is 0 Å². The van der Waals surface area contributed by atoms with Gasteiger partial charge < -0.3 is 9.84 Å². The molecule has 0 bridgehead atoms. The molecule has 1 aliphatic rings. The fraction of sp³-hybridized carbons (Fsp3) is 0.538. The van der Waals surface area contributed by atoms with E-state index in [-0.39, 0.29) is 0 Å². The number of carboxylic acid groups (broad SMARTS) is 1. The molecule has 1 aromatic rings. The van der Waals surface area contributed by atoms with Gasteiger partial charge in [-0.1, -0.05) is 0 Å². The van der Waals surface area contributed by atoms with E-state index in [2.05, 4.69) is 4.98 Å². The van der Waals surface area contributed by atoms with Gasteiger partial charge in [-0.2, -0.15) is 0 Å². The number of pyridine rings is 1. The van der Waals surface area contributed by atoms with Crippen molar-refractivity contribution < 1.29 is 14.6 Å². The largest absolute Gasteiger partial charge is 0.478 e. The van der Waals surface area contributed by atoms with E-state index < -0.39 is 5.97 Å². The third-order valence-corrected chi connectivity index (χ3v) is 4.06. The van der Waals surface area contributed by atoms with Crippen molar-refractivity contribution in [3.05, 3.63) is 22.9 Å². The molecule has 5 heteroatoms. The second-order valence-corrected chi connectivity index (χ2v) is 5.38.